The van der Waals surface area contributed by atoms with E-state index in [-0.39, 0.29) is 0 Å². The third-order valence-corrected chi connectivity index (χ3v) is 2.90. The lowest BCUT2D eigenvalue weighted by atomic mass is 10.2. The Morgan fingerprint density at radius 3 is 2.82 bits per heavy atom. The fourth-order valence-electron chi connectivity index (χ4n) is 1.64. The van der Waals surface area contributed by atoms with Crippen molar-refractivity contribution in [1.29, 1.82) is 0 Å². The Morgan fingerprint density at radius 2 is 2.24 bits per heavy atom. The molecular formula is C12H14ClN3O. The second-order valence-electron chi connectivity index (χ2n) is 3.83. The molecule has 0 radical (unpaired) electrons. The van der Waals surface area contributed by atoms with Gasteiger partial charge in [-0.05, 0) is 13.0 Å². The molecule has 1 aromatic heterocycles. The first kappa shape index (κ1) is 11.8. The quantitative estimate of drug-likeness (QED) is 0.853. The highest BCUT2D eigenvalue weighted by atomic mass is 35.5. The molecule has 0 aliphatic heterocycles. The van der Waals surface area contributed by atoms with Gasteiger partial charge in [0, 0.05) is 23.5 Å². The Hall–Kier alpha value is -1.68. The van der Waals surface area contributed by atoms with Crippen LogP contribution in [0.25, 0.3) is 0 Å². The number of aryl methyl sites for hydroxylation is 1. The van der Waals surface area contributed by atoms with E-state index in [1.165, 1.54) is 0 Å². The Morgan fingerprint density at radius 1 is 1.47 bits per heavy atom. The molecule has 0 bridgehead atoms. The van der Waals surface area contributed by atoms with Gasteiger partial charge in [0.25, 0.3) is 0 Å². The first-order valence-corrected chi connectivity index (χ1v) is 5.60. The van der Waals surface area contributed by atoms with Gasteiger partial charge in [-0.25, -0.2) is 0 Å². The summed E-state index contributed by atoms with van der Waals surface area (Å²) in [6.45, 7) is 2.48. The van der Waals surface area contributed by atoms with Gasteiger partial charge in [0.2, 0.25) is 0 Å². The molecule has 0 spiro atoms. The van der Waals surface area contributed by atoms with Crippen molar-refractivity contribution in [3.8, 4) is 5.75 Å². The Balaban J connectivity index is 2.29. The molecule has 5 heteroatoms. The third kappa shape index (κ3) is 2.53. The van der Waals surface area contributed by atoms with Crippen LogP contribution in [0.5, 0.6) is 5.75 Å². The number of ether oxygens (including phenoxy) is 1. The van der Waals surface area contributed by atoms with E-state index in [9.17, 15) is 0 Å². The summed E-state index contributed by atoms with van der Waals surface area (Å²) in [6.07, 6.45) is 1.80. The summed E-state index contributed by atoms with van der Waals surface area (Å²) in [5.74, 6) is 0.759. The summed E-state index contributed by atoms with van der Waals surface area (Å²) in [7, 11) is 1.62. The second kappa shape index (κ2) is 4.67. The number of halogens is 1. The Labute approximate surface area is 105 Å². The van der Waals surface area contributed by atoms with Crippen LogP contribution in [0.15, 0.2) is 24.4 Å². The molecule has 17 heavy (non-hydrogen) atoms. The highest BCUT2D eigenvalue weighted by Crippen LogP contribution is 2.23. The van der Waals surface area contributed by atoms with Gasteiger partial charge in [0.05, 0.1) is 24.4 Å². The number of rotatable bonds is 3. The lowest BCUT2D eigenvalue weighted by Crippen LogP contribution is -2.03. The highest BCUT2D eigenvalue weighted by Gasteiger charge is 2.07. The minimum Gasteiger partial charge on any atom is -0.496 e. The van der Waals surface area contributed by atoms with Gasteiger partial charge >= 0.3 is 0 Å². The van der Waals surface area contributed by atoms with Crippen LogP contribution in [-0.2, 0) is 6.54 Å². The number of methoxy groups -OCH3 is 1. The van der Waals surface area contributed by atoms with Crippen LogP contribution in [-0.4, -0.2) is 16.9 Å². The van der Waals surface area contributed by atoms with Crippen LogP contribution >= 0.6 is 11.6 Å². The van der Waals surface area contributed by atoms with Gasteiger partial charge in [-0.2, -0.15) is 5.10 Å². The molecule has 2 N–H and O–H groups in total. The molecule has 2 rings (SSSR count). The molecule has 0 saturated carbocycles. The number of benzene rings is 1. The summed E-state index contributed by atoms with van der Waals surface area (Å²) in [5.41, 5.74) is 8.22. The van der Waals surface area contributed by atoms with Gasteiger partial charge in [-0.1, -0.05) is 17.7 Å². The van der Waals surface area contributed by atoms with Gasteiger partial charge in [0.1, 0.15) is 5.75 Å². The number of hydrogen-bond acceptors (Lipinski definition) is 3. The fraction of sp³-hybridized carbons (Fsp3) is 0.250. The molecule has 4 nitrogen and oxygen atoms in total. The SMILES string of the molecule is COc1cc(N)ccc1Cn1cc(Cl)c(C)n1. The molecule has 1 heterocycles. The normalized spacial score (nSPS) is 10.5. The molecule has 0 unspecified atom stereocenters. The summed E-state index contributed by atoms with van der Waals surface area (Å²) in [5, 5.41) is 4.97. The molecule has 90 valence electrons. The van der Waals surface area contributed by atoms with Crippen LogP contribution in [0.2, 0.25) is 5.02 Å². The van der Waals surface area contributed by atoms with Gasteiger partial charge < -0.3 is 10.5 Å². The largest absolute Gasteiger partial charge is 0.496 e. The van der Waals surface area contributed by atoms with Crippen LogP contribution in [0.1, 0.15) is 11.3 Å². The third-order valence-electron chi connectivity index (χ3n) is 2.53. The summed E-state index contributed by atoms with van der Waals surface area (Å²) in [6, 6.07) is 5.57. The maximum atomic E-state index is 5.96. The van der Waals surface area contributed by atoms with Crippen LogP contribution in [0, 0.1) is 6.92 Å². The lowest BCUT2D eigenvalue weighted by Gasteiger charge is -2.09. The van der Waals surface area contributed by atoms with Crippen LogP contribution < -0.4 is 10.5 Å². The van der Waals surface area contributed by atoms with E-state index < -0.39 is 0 Å². The molecule has 0 amide bonds. The maximum absolute atomic E-state index is 5.96. The van der Waals surface area contributed by atoms with E-state index >= 15 is 0 Å². The number of nitrogens with two attached hydrogens (primary N) is 1. The van der Waals surface area contributed by atoms with Crippen molar-refractivity contribution in [2.45, 2.75) is 13.5 Å². The van der Waals surface area contributed by atoms with Crippen molar-refractivity contribution in [2.75, 3.05) is 12.8 Å². The maximum Gasteiger partial charge on any atom is 0.125 e. The zero-order valence-corrected chi connectivity index (χ0v) is 10.5. The average Bonchev–Trinajstić information content (AvgIpc) is 2.60. The minimum absolute atomic E-state index is 0.608. The van der Waals surface area contributed by atoms with E-state index in [1.54, 1.807) is 24.1 Å². The zero-order chi connectivity index (χ0) is 12.4. The highest BCUT2D eigenvalue weighted by molar-refractivity contribution is 6.31. The van der Waals surface area contributed by atoms with Gasteiger partial charge in [-0.3, -0.25) is 4.68 Å². The van der Waals surface area contributed by atoms with Crippen molar-refractivity contribution in [3.05, 3.63) is 40.7 Å². The van der Waals surface area contributed by atoms with Crippen molar-refractivity contribution < 1.29 is 4.74 Å². The molecule has 0 aliphatic carbocycles. The molecule has 0 fully saturated rings. The summed E-state index contributed by atoms with van der Waals surface area (Å²) >= 11 is 5.96. The number of nitrogen functional groups attached to an aromatic ring is 1. The van der Waals surface area contributed by atoms with Crippen molar-refractivity contribution in [3.63, 3.8) is 0 Å². The van der Waals surface area contributed by atoms with Crippen molar-refractivity contribution >= 4 is 17.3 Å². The van der Waals surface area contributed by atoms with E-state index in [0.717, 1.165) is 17.0 Å². The minimum atomic E-state index is 0.608. The molecule has 1 aromatic carbocycles. The number of nitrogens with zero attached hydrogens (tertiary/aromatic N) is 2. The molecule has 0 aliphatic rings. The molecule has 0 atom stereocenters. The van der Waals surface area contributed by atoms with E-state index in [0.29, 0.717) is 17.3 Å². The topological polar surface area (TPSA) is 53.1 Å². The zero-order valence-electron chi connectivity index (χ0n) is 9.77. The average molecular weight is 252 g/mol. The predicted molar refractivity (Wildman–Crippen MR) is 68.5 cm³/mol. The Bertz CT molecular complexity index is 517. The molecule has 0 saturated heterocycles. The summed E-state index contributed by atoms with van der Waals surface area (Å²) < 4.78 is 7.06. The van der Waals surface area contributed by atoms with Crippen molar-refractivity contribution in [1.82, 2.24) is 9.78 Å². The van der Waals surface area contributed by atoms with E-state index in [2.05, 4.69) is 5.10 Å². The second-order valence-corrected chi connectivity index (χ2v) is 4.24. The predicted octanol–water partition coefficient (Wildman–Crippen LogP) is 2.48. The van der Waals surface area contributed by atoms with Gasteiger partial charge in [0.15, 0.2) is 0 Å². The summed E-state index contributed by atoms with van der Waals surface area (Å²) in [4.78, 5) is 0. The fourth-order valence-corrected chi connectivity index (χ4v) is 1.79. The van der Waals surface area contributed by atoms with Crippen LogP contribution in [0.4, 0.5) is 5.69 Å². The number of aromatic nitrogens is 2. The standard InChI is InChI=1S/C12H14ClN3O/c1-8-11(13)7-16(15-8)6-9-3-4-10(14)5-12(9)17-2/h3-5,7H,6,14H2,1-2H3. The monoisotopic (exact) mass is 251 g/mol. The Kier molecular flexibility index (Phi) is 3.24. The number of anilines is 1. The smallest absolute Gasteiger partial charge is 0.125 e. The van der Waals surface area contributed by atoms with Crippen molar-refractivity contribution in [2.24, 2.45) is 0 Å². The van der Waals surface area contributed by atoms with E-state index in [4.69, 9.17) is 22.1 Å². The van der Waals surface area contributed by atoms with Crippen LogP contribution in [0.3, 0.4) is 0 Å². The van der Waals surface area contributed by atoms with E-state index in [1.807, 2.05) is 19.1 Å². The lowest BCUT2D eigenvalue weighted by molar-refractivity contribution is 0.407. The first-order chi connectivity index (χ1) is 8.10. The molecule has 2 aromatic rings. The number of hydrogen-bond donors (Lipinski definition) is 1. The molecular weight excluding hydrogens is 238 g/mol. The van der Waals surface area contributed by atoms with Gasteiger partial charge in [-0.15, -0.1) is 0 Å². The first-order valence-electron chi connectivity index (χ1n) is 5.22.